The lowest BCUT2D eigenvalue weighted by molar-refractivity contribution is -0.122. The third kappa shape index (κ3) is 4.77. The summed E-state index contributed by atoms with van der Waals surface area (Å²) in [5.74, 6) is 1.02. The fourth-order valence-electron chi connectivity index (χ4n) is 4.09. The lowest BCUT2D eigenvalue weighted by atomic mass is 9.90. The Morgan fingerprint density at radius 1 is 1.13 bits per heavy atom. The number of amides is 2. The zero-order valence-electron chi connectivity index (χ0n) is 17.0. The van der Waals surface area contributed by atoms with Crippen molar-refractivity contribution in [2.45, 2.75) is 38.3 Å². The summed E-state index contributed by atoms with van der Waals surface area (Å²) in [7, 11) is 0. The largest absolute Gasteiger partial charge is 0.480 e. The van der Waals surface area contributed by atoms with Crippen LogP contribution >= 0.6 is 12.4 Å². The average Bonchev–Trinajstić information content (AvgIpc) is 3.18. The summed E-state index contributed by atoms with van der Waals surface area (Å²) in [6.07, 6.45) is 1.86. The van der Waals surface area contributed by atoms with Gasteiger partial charge in [-0.2, -0.15) is 0 Å². The molecule has 0 spiro atoms. The summed E-state index contributed by atoms with van der Waals surface area (Å²) < 4.78 is 5.75. The Kier molecular flexibility index (Phi) is 7.00. The number of hydrogen-bond acceptors (Lipinski definition) is 4. The summed E-state index contributed by atoms with van der Waals surface area (Å²) in [6.45, 7) is 3.46. The van der Waals surface area contributed by atoms with E-state index in [4.69, 9.17) is 10.5 Å². The molecule has 2 amide bonds. The number of likely N-dealkylation sites (tertiary alicyclic amines) is 1. The number of nitrogens with two attached hydrogens (primary N) is 1. The molecule has 0 aliphatic carbocycles. The molecule has 0 aromatic heterocycles. The molecule has 0 saturated carbocycles. The maximum atomic E-state index is 12.9. The van der Waals surface area contributed by atoms with Gasteiger partial charge in [-0.1, -0.05) is 24.3 Å². The topological polar surface area (TPSA) is 84.7 Å². The van der Waals surface area contributed by atoms with E-state index >= 15 is 0 Å². The second-order valence-corrected chi connectivity index (χ2v) is 7.98. The van der Waals surface area contributed by atoms with Crippen molar-refractivity contribution in [1.29, 1.82) is 0 Å². The lowest BCUT2D eigenvalue weighted by Crippen LogP contribution is -2.42. The standard InChI is InChI=1S/C23H27N3O3.ClH/c1-15(24)16-9-11-26(12-10-16)23(28)18-6-4-7-19(13-18)25-22(27)21-14-17-5-2-3-8-20(17)29-21;/h2-8,13,15-16,21H,9-12,14,24H2,1H3,(H,25,27);1H. The first kappa shape index (κ1) is 22.1. The number of benzene rings is 2. The number of rotatable bonds is 4. The Morgan fingerprint density at radius 2 is 1.87 bits per heavy atom. The van der Waals surface area contributed by atoms with Crippen molar-refractivity contribution in [2.24, 2.45) is 11.7 Å². The van der Waals surface area contributed by atoms with Gasteiger partial charge in [0.15, 0.2) is 6.10 Å². The van der Waals surface area contributed by atoms with E-state index in [0.29, 0.717) is 23.6 Å². The molecule has 6 nitrogen and oxygen atoms in total. The van der Waals surface area contributed by atoms with E-state index in [-0.39, 0.29) is 30.3 Å². The highest BCUT2D eigenvalue weighted by atomic mass is 35.5. The van der Waals surface area contributed by atoms with Crippen molar-refractivity contribution in [2.75, 3.05) is 18.4 Å². The molecule has 3 N–H and O–H groups in total. The molecule has 30 heavy (non-hydrogen) atoms. The first-order valence-corrected chi connectivity index (χ1v) is 10.2. The predicted octanol–water partition coefficient (Wildman–Crippen LogP) is 3.25. The summed E-state index contributed by atoms with van der Waals surface area (Å²) in [5.41, 5.74) is 8.21. The number of piperidine rings is 1. The van der Waals surface area contributed by atoms with Crippen LogP contribution in [0.15, 0.2) is 48.5 Å². The van der Waals surface area contributed by atoms with Crippen LogP contribution in [0.25, 0.3) is 0 Å². The number of para-hydroxylation sites is 1. The Labute approximate surface area is 183 Å². The predicted molar refractivity (Wildman–Crippen MR) is 119 cm³/mol. The molecule has 160 valence electrons. The number of nitrogens with zero attached hydrogens (tertiary/aromatic N) is 1. The van der Waals surface area contributed by atoms with Gasteiger partial charge in [-0.15, -0.1) is 12.4 Å². The molecule has 1 saturated heterocycles. The van der Waals surface area contributed by atoms with Gasteiger partial charge in [0.05, 0.1) is 0 Å². The van der Waals surface area contributed by atoms with Gasteiger partial charge in [-0.05, 0) is 55.5 Å². The van der Waals surface area contributed by atoms with Gasteiger partial charge in [-0.3, -0.25) is 9.59 Å². The van der Waals surface area contributed by atoms with Gasteiger partial charge in [-0.25, -0.2) is 0 Å². The zero-order valence-corrected chi connectivity index (χ0v) is 17.9. The van der Waals surface area contributed by atoms with Crippen LogP contribution in [0.1, 0.15) is 35.7 Å². The van der Waals surface area contributed by atoms with E-state index in [1.807, 2.05) is 36.1 Å². The molecule has 7 heteroatoms. The summed E-state index contributed by atoms with van der Waals surface area (Å²) >= 11 is 0. The van der Waals surface area contributed by atoms with Gasteiger partial charge >= 0.3 is 0 Å². The smallest absolute Gasteiger partial charge is 0.265 e. The van der Waals surface area contributed by atoms with E-state index in [1.54, 1.807) is 24.3 Å². The molecule has 2 aliphatic rings. The van der Waals surface area contributed by atoms with Gasteiger partial charge in [0.2, 0.25) is 0 Å². The van der Waals surface area contributed by atoms with Crippen LogP contribution in [0.2, 0.25) is 0 Å². The van der Waals surface area contributed by atoms with Crippen LogP contribution in [-0.4, -0.2) is 41.9 Å². The Balaban J connectivity index is 0.00000256. The molecule has 0 radical (unpaired) electrons. The first-order valence-electron chi connectivity index (χ1n) is 10.2. The second-order valence-electron chi connectivity index (χ2n) is 7.98. The van der Waals surface area contributed by atoms with Crippen molar-refractivity contribution < 1.29 is 14.3 Å². The Hall–Kier alpha value is -2.57. The fraction of sp³-hybridized carbons (Fsp3) is 0.391. The number of carbonyl (C=O) groups is 2. The number of anilines is 1. The van der Waals surface area contributed by atoms with E-state index in [2.05, 4.69) is 5.32 Å². The normalized spacial score (nSPS) is 19.3. The Bertz CT molecular complexity index is 885. The quantitative estimate of drug-likeness (QED) is 0.781. The molecule has 2 heterocycles. The number of carbonyl (C=O) groups excluding carboxylic acids is 2. The number of nitrogens with one attached hydrogen (secondary N) is 1. The van der Waals surface area contributed by atoms with Crippen LogP contribution in [0, 0.1) is 5.92 Å². The van der Waals surface area contributed by atoms with Crippen LogP contribution < -0.4 is 15.8 Å². The molecule has 2 unspecified atom stereocenters. The third-order valence-electron chi connectivity index (χ3n) is 5.89. The first-order chi connectivity index (χ1) is 14.0. The minimum atomic E-state index is -0.552. The maximum absolute atomic E-state index is 12.9. The van der Waals surface area contributed by atoms with Crippen molar-refractivity contribution in [1.82, 2.24) is 4.90 Å². The van der Waals surface area contributed by atoms with Gasteiger partial charge in [0.25, 0.3) is 11.8 Å². The highest BCUT2D eigenvalue weighted by molar-refractivity contribution is 5.98. The highest BCUT2D eigenvalue weighted by Gasteiger charge is 2.29. The number of ether oxygens (including phenoxy) is 1. The molecule has 2 atom stereocenters. The average molecular weight is 430 g/mol. The Morgan fingerprint density at radius 3 is 2.57 bits per heavy atom. The minimum absolute atomic E-state index is 0. The molecule has 1 fully saturated rings. The zero-order chi connectivity index (χ0) is 20.4. The summed E-state index contributed by atoms with van der Waals surface area (Å²) in [6, 6.07) is 14.9. The minimum Gasteiger partial charge on any atom is -0.480 e. The second kappa shape index (κ2) is 9.49. The van der Waals surface area contributed by atoms with Crippen molar-refractivity contribution >= 4 is 29.9 Å². The molecular weight excluding hydrogens is 402 g/mol. The molecule has 0 bridgehead atoms. The number of fused-ring (bicyclic) bond motifs is 1. The van der Waals surface area contributed by atoms with Gasteiger partial charge in [0.1, 0.15) is 5.75 Å². The van der Waals surface area contributed by atoms with E-state index in [9.17, 15) is 9.59 Å². The van der Waals surface area contributed by atoms with Gasteiger partial charge in [0, 0.05) is 36.8 Å². The van der Waals surface area contributed by atoms with Crippen molar-refractivity contribution in [3.63, 3.8) is 0 Å². The van der Waals surface area contributed by atoms with E-state index < -0.39 is 6.10 Å². The summed E-state index contributed by atoms with van der Waals surface area (Å²) in [5, 5.41) is 2.89. The molecule has 4 rings (SSSR count). The molecule has 2 aromatic carbocycles. The van der Waals surface area contributed by atoms with Crippen molar-refractivity contribution in [3.05, 3.63) is 59.7 Å². The summed E-state index contributed by atoms with van der Waals surface area (Å²) in [4.78, 5) is 27.4. The van der Waals surface area contributed by atoms with Crippen molar-refractivity contribution in [3.8, 4) is 5.75 Å². The van der Waals surface area contributed by atoms with Crippen LogP contribution in [0.5, 0.6) is 5.75 Å². The SMILES string of the molecule is CC(N)C1CCN(C(=O)c2cccc(NC(=O)C3Cc4ccccc4O3)c2)CC1.Cl. The van der Waals surface area contributed by atoms with Crippen LogP contribution in [-0.2, 0) is 11.2 Å². The van der Waals surface area contributed by atoms with E-state index in [0.717, 1.165) is 37.2 Å². The molecular formula is C23H28ClN3O3. The monoisotopic (exact) mass is 429 g/mol. The van der Waals surface area contributed by atoms with E-state index in [1.165, 1.54) is 0 Å². The fourth-order valence-corrected chi connectivity index (χ4v) is 4.09. The maximum Gasteiger partial charge on any atom is 0.265 e. The van der Waals surface area contributed by atoms with Gasteiger partial charge < -0.3 is 20.7 Å². The lowest BCUT2D eigenvalue weighted by Gasteiger charge is -2.33. The molecule has 2 aromatic rings. The van der Waals surface area contributed by atoms with Crippen LogP contribution in [0.3, 0.4) is 0 Å². The number of hydrogen-bond donors (Lipinski definition) is 2. The highest BCUT2D eigenvalue weighted by Crippen LogP contribution is 2.29. The third-order valence-corrected chi connectivity index (χ3v) is 5.89. The van der Waals surface area contributed by atoms with Crippen LogP contribution in [0.4, 0.5) is 5.69 Å². The number of halogens is 1. The molecule has 2 aliphatic heterocycles.